The molecule has 0 aliphatic heterocycles. The summed E-state index contributed by atoms with van der Waals surface area (Å²) in [5.41, 5.74) is 8.92. The standard InChI is InChI=1S/C22H19N5O2.CH4/c23-20(28)18(13-14-5-2-1-3-6-14)26-22(29)16-7-4-8-17-19(16)27-21(25-17)15-9-11-24-12-10-15;/h1-12,18H,13H2,(H2,23,28)(H,25,27)(H,26,29);1H4/t18-;/m0./s1. The number of carbonyl (C=O) groups is 2. The van der Waals surface area contributed by atoms with E-state index >= 15 is 0 Å². The second-order valence-electron chi connectivity index (χ2n) is 6.64. The Morgan fingerprint density at radius 2 is 1.73 bits per heavy atom. The number of fused-ring (bicyclic) bond motifs is 1. The molecule has 0 fully saturated rings. The van der Waals surface area contributed by atoms with Crippen LogP contribution in [0.3, 0.4) is 0 Å². The quantitative estimate of drug-likeness (QED) is 0.461. The number of para-hydroxylation sites is 1. The van der Waals surface area contributed by atoms with Gasteiger partial charge in [0, 0.05) is 24.4 Å². The summed E-state index contributed by atoms with van der Waals surface area (Å²) in [4.78, 5) is 36.6. The third-order valence-corrected chi connectivity index (χ3v) is 4.64. The molecular weight excluding hydrogens is 378 g/mol. The molecule has 0 bridgehead atoms. The van der Waals surface area contributed by atoms with Crippen molar-refractivity contribution in [3.05, 3.63) is 84.2 Å². The summed E-state index contributed by atoms with van der Waals surface area (Å²) in [5, 5.41) is 2.75. The van der Waals surface area contributed by atoms with Gasteiger partial charge < -0.3 is 16.0 Å². The Bertz CT molecular complexity index is 1160. The maximum absolute atomic E-state index is 12.9. The number of pyridine rings is 1. The van der Waals surface area contributed by atoms with Crippen molar-refractivity contribution in [3.8, 4) is 11.4 Å². The van der Waals surface area contributed by atoms with Gasteiger partial charge in [0.1, 0.15) is 17.4 Å². The van der Waals surface area contributed by atoms with Crippen molar-refractivity contribution >= 4 is 22.8 Å². The number of H-pyrrole nitrogens is 1. The highest BCUT2D eigenvalue weighted by Gasteiger charge is 2.21. The van der Waals surface area contributed by atoms with Gasteiger partial charge in [-0.05, 0) is 29.8 Å². The minimum absolute atomic E-state index is 0. The molecule has 0 saturated heterocycles. The number of nitrogens with zero attached hydrogens (tertiary/aromatic N) is 2. The Morgan fingerprint density at radius 1 is 1.00 bits per heavy atom. The van der Waals surface area contributed by atoms with E-state index < -0.39 is 17.9 Å². The Labute approximate surface area is 174 Å². The molecule has 4 rings (SSSR count). The topological polar surface area (TPSA) is 114 Å². The molecule has 2 amide bonds. The summed E-state index contributed by atoms with van der Waals surface area (Å²) >= 11 is 0. The Kier molecular flexibility index (Phi) is 6.22. The molecule has 2 aromatic heterocycles. The van der Waals surface area contributed by atoms with Crippen LogP contribution in [0.4, 0.5) is 0 Å². The van der Waals surface area contributed by atoms with Gasteiger partial charge in [0.15, 0.2) is 0 Å². The van der Waals surface area contributed by atoms with Crippen LogP contribution in [-0.4, -0.2) is 32.8 Å². The van der Waals surface area contributed by atoms with Gasteiger partial charge in [-0.3, -0.25) is 14.6 Å². The van der Waals surface area contributed by atoms with Gasteiger partial charge >= 0.3 is 0 Å². The van der Waals surface area contributed by atoms with Gasteiger partial charge in [-0.15, -0.1) is 0 Å². The Hall–Kier alpha value is -4.00. The zero-order chi connectivity index (χ0) is 20.2. The van der Waals surface area contributed by atoms with Gasteiger partial charge in [0.25, 0.3) is 5.91 Å². The zero-order valence-electron chi connectivity index (χ0n) is 15.5. The van der Waals surface area contributed by atoms with Crippen molar-refractivity contribution in [1.29, 1.82) is 0 Å². The molecule has 0 radical (unpaired) electrons. The van der Waals surface area contributed by atoms with E-state index in [-0.39, 0.29) is 7.43 Å². The van der Waals surface area contributed by atoms with Gasteiger partial charge in [-0.2, -0.15) is 0 Å². The van der Waals surface area contributed by atoms with Crippen LogP contribution in [-0.2, 0) is 11.2 Å². The number of rotatable bonds is 6. The molecular formula is C23H23N5O2. The minimum atomic E-state index is -0.821. The predicted molar refractivity (Wildman–Crippen MR) is 117 cm³/mol. The van der Waals surface area contributed by atoms with Crippen LogP contribution in [0.1, 0.15) is 23.3 Å². The first-order chi connectivity index (χ1) is 14.1. The molecule has 4 aromatic rings. The number of aromatic amines is 1. The van der Waals surface area contributed by atoms with Gasteiger partial charge in [0.2, 0.25) is 5.91 Å². The first-order valence-corrected chi connectivity index (χ1v) is 9.15. The van der Waals surface area contributed by atoms with Crippen molar-refractivity contribution in [2.45, 2.75) is 19.9 Å². The number of nitrogens with two attached hydrogens (primary N) is 1. The van der Waals surface area contributed by atoms with E-state index in [1.54, 1.807) is 24.5 Å². The lowest BCUT2D eigenvalue weighted by molar-refractivity contribution is -0.119. The number of amides is 2. The number of hydrogen-bond acceptors (Lipinski definition) is 4. The second kappa shape index (κ2) is 9.00. The van der Waals surface area contributed by atoms with Gasteiger partial charge in [0.05, 0.1) is 11.1 Å². The van der Waals surface area contributed by atoms with E-state index in [0.29, 0.717) is 23.3 Å². The van der Waals surface area contributed by atoms with Crippen molar-refractivity contribution in [2.24, 2.45) is 5.73 Å². The van der Waals surface area contributed by atoms with Crippen molar-refractivity contribution in [1.82, 2.24) is 20.3 Å². The molecule has 0 aliphatic rings. The smallest absolute Gasteiger partial charge is 0.254 e. The first kappa shape index (κ1) is 20.7. The number of imidazole rings is 1. The summed E-state index contributed by atoms with van der Waals surface area (Å²) in [7, 11) is 0. The van der Waals surface area contributed by atoms with Crippen LogP contribution < -0.4 is 11.1 Å². The fraction of sp³-hybridized carbons (Fsp3) is 0.130. The van der Waals surface area contributed by atoms with Crippen LogP contribution in [0.2, 0.25) is 0 Å². The van der Waals surface area contributed by atoms with Crippen LogP contribution in [0.25, 0.3) is 22.4 Å². The molecule has 152 valence electrons. The predicted octanol–water partition coefficient (Wildman–Crippen LogP) is 3.09. The van der Waals surface area contributed by atoms with Crippen LogP contribution in [0, 0.1) is 0 Å². The molecule has 30 heavy (non-hydrogen) atoms. The summed E-state index contributed by atoms with van der Waals surface area (Å²) in [6.07, 6.45) is 3.68. The fourth-order valence-electron chi connectivity index (χ4n) is 3.17. The molecule has 0 saturated carbocycles. The number of hydrogen-bond donors (Lipinski definition) is 3. The Balaban J connectivity index is 0.00000256. The first-order valence-electron chi connectivity index (χ1n) is 9.15. The monoisotopic (exact) mass is 401 g/mol. The van der Waals surface area contributed by atoms with E-state index in [9.17, 15) is 9.59 Å². The van der Waals surface area contributed by atoms with Crippen LogP contribution >= 0.6 is 0 Å². The molecule has 7 nitrogen and oxygen atoms in total. The van der Waals surface area contributed by atoms with Crippen molar-refractivity contribution in [2.75, 3.05) is 0 Å². The van der Waals surface area contributed by atoms with Crippen molar-refractivity contribution in [3.63, 3.8) is 0 Å². The van der Waals surface area contributed by atoms with E-state index in [4.69, 9.17) is 5.73 Å². The molecule has 0 aliphatic carbocycles. The lowest BCUT2D eigenvalue weighted by atomic mass is 10.0. The molecule has 1 atom stereocenters. The summed E-state index contributed by atoms with van der Waals surface area (Å²) in [6, 6.07) is 17.5. The molecule has 7 heteroatoms. The molecule has 2 aromatic carbocycles. The van der Waals surface area contributed by atoms with E-state index in [0.717, 1.165) is 16.6 Å². The summed E-state index contributed by atoms with van der Waals surface area (Å²) in [6.45, 7) is 0. The average molecular weight is 401 g/mol. The highest BCUT2D eigenvalue weighted by molar-refractivity contribution is 6.06. The lowest BCUT2D eigenvalue weighted by Gasteiger charge is -2.15. The van der Waals surface area contributed by atoms with Gasteiger partial charge in [-0.1, -0.05) is 43.8 Å². The normalized spacial score (nSPS) is 11.5. The molecule has 0 unspecified atom stereocenters. The van der Waals surface area contributed by atoms with Crippen LogP contribution in [0.5, 0.6) is 0 Å². The fourth-order valence-corrected chi connectivity index (χ4v) is 3.17. The van der Waals surface area contributed by atoms with Crippen molar-refractivity contribution < 1.29 is 9.59 Å². The molecule has 0 spiro atoms. The average Bonchev–Trinajstić information content (AvgIpc) is 3.19. The summed E-state index contributed by atoms with van der Waals surface area (Å²) in [5.74, 6) is -0.352. The SMILES string of the molecule is C.NC(=O)[C@H](Cc1ccccc1)NC(=O)c1cccc2[nH]c(-c3ccncc3)nc12. The van der Waals surface area contributed by atoms with E-state index in [1.165, 1.54) is 0 Å². The second-order valence-corrected chi connectivity index (χ2v) is 6.64. The number of aromatic nitrogens is 3. The summed E-state index contributed by atoms with van der Waals surface area (Å²) < 4.78 is 0. The maximum atomic E-state index is 12.9. The highest BCUT2D eigenvalue weighted by Crippen LogP contribution is 2.22. The largest absolute Gasteiger partial charge is 0.368 e. The minimum Gasteiger partial charge on any atom is -0.368 e. The zero-order valence-corrected chi connectivity index (χ0v) is 15.5. The van der Waals surface area contributed by atoms with E-state index in [2.05, 4.69) is 20.3 Å². The number of primary amides is 1. The molecule has 2 heterocycles. The molecule has 4 N–H and O–H groups in total. The van der Waals surface area contributed by atoms with Crippen LogP contribution in [0.15, 0.2) is 73.1 Å². The van der Waals surface area contributed by atoms with Gasteiger partial charge in [-0.25, -0.2) is 4.98 Å². The number of nitrogens with one attached hydrogen (secondary N) is 2. The maximum Gasteiger partial charge on any atom is 0.254 e. The number of carbonyl (C=O) groups excluding carboxylic acids is 2. The number of benzene rings is 2. The Morgan fingerprint density at radius 3 is 2.43 bits per heavy atom. The third-order valence-electron chi connectivity index (χ3n) is 4.64. The van der Waals surface area contributed by atoms with E-state index in [1.807, 2.05) is 48.5 Å². The lowest BCUT2D eigenvalue weighted by Crippen LogP contribution is -2.45. The third kappa shape index (κ3) is 4.35. The highest BCUT2D eigenvalue weighted by atomic mass is 16.2.